The van der Waals surface area contributed by atoms with Crippen LogP contribution in [0.2, 0.25) is 0 Å². The van der Waals surface area contributed by atoms with Gasteiger partial charge in [-0.15, -0.1) is 0 Å². The van der Waals surface area contributed by atoms with Gasteiger partial charge in [-0.2, -0.15) is 0 Å². The van der Waals surface area contributed by atoms with E-state index >= 15 is 0 Å². The summed E-state index contributed by atoms with van der Waals surface area (Å²) in [5.74, 6) is 0.739. The zero-order valence-electron chi connectivity index (χ0n) is 14.6. The molecule has 0 spiro atoms. The van der Waals surface area contributed by atoms with Gasteiger partial charge >= 0.3 is 0 Å². The van der Waals surface area contributed by atoms with E-state index in [0.717, 1.165) is 24.5 Å². The highest BCUT2D eigenvalue weighted by molar-refractivity contribution is 4.88. The maximum atomic E-state index is 6.07. The van der Waals surface area contributed by atoms with E-state index in [1.807, 2.05) is 0 Å². The molecule has 3 heteroatoms. The number of rotatable bonds is 5. The van der Waals surface area contributed by atoms with Crippen molar-refractivity contribution in [3.05, 3.63) is 0 Å². The van der Waals surface area contributed by atoms with Crippen molar-refractivity contribution in [2.24, 2.45) is 11.7 Å². The Bertz CT molecular complexity index is 292. The molecule has 2 aliphatic rings. The van der Waals surface area contributed by atoms with E-state index in [1.54, 1.807) is 0 Å². The van der Waals surface area contributed by atoms with Crippen LogP contribution in [0.3, 0.4) is 0 Å². The highest BCUT2D eigenvalue weighted by Crippen LogP contribution is 2.31. The van der Waals surface area contributed by atoms with Gasteiger partial charge in [-0.05, 0) is 78.0 Å². The van der Waals surface area contributed by atoms with E-state index in [2.05, 4.69) is 30.6 Å². The molecule has 0 aromatic heterocycles. The number of nitrogens with two attached hydrogens (primary N) is 1. The van der Waals surface area contributed by atoms with Gasteiger partial charge < -0.3 is 10.6 Å². The number of nitrogens with zero attached hydrogens (tertiary/aromatic N) is 2. The fraction of sp³-hybridized carbons (Fsp3) is 1.00. The maximum Gasteiger partial charge on any atom is 0.0138 e. The first kappa shape index (κ1) is 17.2. The summed E-state index contributed by atoms with van der Waals surface area (Å²) in [6.45, 7) is 11.7. The molecule has 1 aliphatic heterocycles. The molecule has 1 heterocycles. The minimum absolute atomic E-state index is 0.699. The Morgan fingerprint density at radius 3 is 2.48 bits per heavy atom. The molecular formula is C18H37N3. The zero-order valence-corrected chi connectivity index (χ0v) is 14.6. The normalized spacial score (nSPS) is 32.6. The molecule has 2 rings (SSSR count). The predicted octanol–water partition coefficient (Wildman–Crippen LogP) is 3.09. The second-order valence-corrected chi connectivity index (χ2v) is 7.39. The van der Waals surface area contributed by atoms with Crippen molar-refractivity contribution in [1.29, 1.82) is 0 Å². The molecule has 124 valence electrons. The van der Waals surface area contributed by atoms with Crippen LogP contribution in [-0.4, -0.2) is 54.1 Å². The second kappa shape index (κ2) is 8.50. The molecule has 2 N–H and O–H groups in total. The SMILES string of the molecule is CCN(C1CCCN(C(C)C)CC1)C1CCCCC1CN. The Hall–Kier alpha value is -0.120. The number of hydrogen-bond donors (Lipinski definition) is 1. The Kier molecular flexibility index (Phi) is 6.97. The Morgan fingerprint density at radius 2 is 1.81 bits per heavy atom. The Balaban J connectivity index is 1.99. The van der Waals surface area contributed by atoms with Gasteiger partial charge in [0.2, 0.25) is 0 Å². The van der Waals surface area contributed by atoms with Crippen molar-refractivity contribution in [3.63, 3.8) is 0 Å². The highest BCUT2D eigenvalue weighted by atomic mass is 15.2. The van der Waals surface area contributed by atoms with Gasteiger partial charge in [-0.1, -0.05) is 19.8 Å². The summed E-state index contributed by atoms with van der Waals surface area (Å²) in [6, 6.07) is 2.24. The third-order valence-electron chi connectivity index (χ3n) is 5.89. The minimum Gasteiger partial charge on any atom is -0.330 e. The van der Waals surface area contributed by atoms with E-state index in [0.29, 0.717) is 6.04 Å². The zero-order chi connectivity index (χ0) is 15.2. The van der Waals surface area contributed by atoms with Crippen LogP contribution in [0, 0.1) is 5.92 Å². The average Bonchev–Trinajstić information content (AvgIpc) is 2.75. The number of likely N-dealkylation sites (tertiary alicyclic amines) is 1. The summed E-state index contributed by atoms with van der Waals surface area (Å²) in [7, 11) is 0. The average molecular weight is 296 g/mol. The van der Waals surface area contributed by atoms with Crippen molar-refractivity contribution in [1.82, 2.24) is 9.80 Å². The van der Waals surface area contributed by atoms with E-state index < -0.39 is 0 Å². The third kappa shape index (κ3) is 4.43. The molecule has 0 aromatic carbocycles. The van der Waals surface area contributed by atoms with Crippen LogP contribution in [0.5, 0.6) is 0 Å². The van der Waals surface area contributed by atoms with Gasteiger partial charge in [0.1, 0.15) is 0 Å². The lowest BCUT2D eigenvalue weighted by molar-refractivity contribution is 0.0628. The van der Waals surface area contributed by atoms with E-state index in [1.165, 1.54) is 64.6 Å². The summed E-state index contributed by atoms with van der Waals surface area (Å²) in [5, 5.41) is 0. The first-order valence-electron chi connectivity index (χ1n) is 9.37. The predicted molar refractivity (Wildman–Crippen MR) is 91.5 cm³/mol. The van der Waals surface area contributed by atoms with Crippen molar-refractivity contribution in [3.8, 4) is 0 Å². The van der Waals surface area contributed by atoms with E-state index in [-0.39, 0.29) is 0 Å². The lowest BCUT2D eigenvalue weighted by Crippen LogP contribution is -2.50. The molecule has 0 amide bonds. The molecule has 0 bridgehead atoms. The van der Waals surface area contributed by atoms with Crippen LogP contribution >= 0.6 is 0 Å². The van der Waals surface area contributed by atoms with Crippen LogP contribution in [0.25, 0.3) is 0 Å². The summed E-state index contributed by atoms with van der Waals surface area (Å²) in [4.78, 5) is 5.50. The third-order valence-corrected chi connectivity index (χ3v) is 5.89. The molecule has 3 nitrogen and oxygen atoms in total. The summed E-state index contributed by atoms with van der Waals surface area (Å²) in [5.41, 5.74) is 6.07. The van der Waals surface area contributed by atoms with Crippen molar-refractivity contribution in [2.75, 3.05) is 26.2 Å². The van der Waals surface area contributed by atoms with Crippen molar-refractivity contribution in [2.45, 2.75) is 83.8 Å². The van der Waals surface area contributed by atoms with Crippen LogP contribution in [-0.2, 0) is 0 Å². The molecule has 3 unspecified atom stereocenters. The molecular weight excluding hydrogens is 258 g/mol. The first-order chi connectivity index (χ1) is 10.2. The molecule has 3 atom stereocenters. The van der Waals surface area contributed by atoms with Crippen LogP contribution in [0.4, 0.5) is 0 Å². The van der Waals surface area contributed by atoms with Crippen LogP contribution in [0.15, 0.2) is 0 Å². The minimum atomic E-state index is 0.699. The van der Waals surface area contributed by atoms with Gasteiger partial charge in [-0.3, -0.25) is 4.90 Å². The number of hydrogen-bond acceptors (Lipinski definition) is 3. The summed E-state index contributed by atoms with van der Waals surface area (Å²) >= 11 is 0. The quantitative estimate of drug-likeness (QED) is 0.846. The van der Waals surface area contributed by atoms with Gasteiger partial charge in [0.25, 0.3) is 0 Å². The van der Waals surface area contributed by atoms with Gasteiger partial charge in [-0.25, -0.2) is 0 Å². The molecule has 21 heavy (non-hydrogen) atoms. The maximum absolute atomic E-state index is 6.07. The first-order valence-corrected chi connectivity index (χ1v) is 9.37. The fourth-order valence-corrected chi connectivity index (χ4v) is 4.61. The lowest BCUT2D eigenvalue weighted by Gasteiger charge is -2.43. The molecule has 1 saturated carbocycles. The Morgan fingerprint density at radius 1 is 1.05 bits per heavy atom. The standard InChI is InChI=1S/C18H37N3/c1-4-21(18-10-6-5-8-16(18)14-19)17-9-7-12-20(13-11-17)15(2)3/h15-18H,4-14,19H2,1-3H3. The summed E-state index contributed by atoms with van der Waals surface area (Å²) in [6.07, 6.45) is 9.61. The molecule has 0 radical (unpaired) electrons. The molecule has 1 saturated heterocycles. The van der Waals surface area contributed by atoms with Gasteiger partial charge in [0, 0.05) is 18.1 Å². The highest BCUT2D eigenvalue weighted by Gasteiger charge is 2.33. The summed E-state index contributed by atoms with van der Waals surface area (Å²) < 4.78 is 0. The molecule has 0 aromatic rings. The van der Waals surface area contributed by atoms with Gasteiger partial charge in [0.15, 0.2) is 0 Å². The smallest absolute Gasteiger partial charge is 0.0138 e. The van der Waals surface area contributed by atoms with Gasteiger partial charge in [0.05, 0.1) is 0 Å². The van der Waals surface area contributed by atoms with E-state index in [9.17, 15) is 0 Å². The molecule has 1 aliphatic carbocycles. The fourth-order valence-electron chi connectivity index (χ4n) is 4.61. The lowest BCUT2D eigenvalue weighted by atomic mass is 9.82. The van der Waals surface area contributed by atoms with Crippen molar-refractivity contribution < 1.29 is 0 Å². The van der Waals surface area contributed by atoms with Crippen molar-refractivity contribution >= 4 is 0 Å². The van der Waals surface area contributed by atoms with Crippen LogP contribution < -0.4 is 5.73 Å². The second-order valence-electron chi connectivity index (χ2n) is 7.39. The van der Waals surface area contributed by atoms with E-state index in [4.69, 9.17) is 5.73 Å². The largest absolute Gasteiger partial charge is 0.330 e. The van der Waals surface area contributed by atoms with Crippen LogP contribution in [0.1, 0.15) is 65.7 Å². The Labute approximate surface area is 132 Å². The topological polar surface area (TPSA) is 32.5 Å². The monoisotopic (exact) mass is 295 g/mol. The molecule has 2 fully saturated rings.